The van der Waals surface area contributed by atoms with Gasteiger partial charge < -0.3 is 20.5 Å². The summed E-state index contributed by atoms with van der Waals surface area (Å²) in [5, 5.41) is 9.40. The number of rotatable bonds is 8. The Hall–Kier alpha value is -2.55. The number of halogens is 1. The maximum Gasteiger partial charge on any atom is 0.269 e. The Balaban J connectivity index is 1.93. The van der Waals surface area contributed by atoms with E-state index in [1.54, 1.807) is 42.2 Å². The molecule has 2 heterocycles. The van der Waals surface area contributed by atoms with E-state index in [9.17, 15) is 4.79 Å². The first-order chi connectivity index (χ1) is 13.5. The minimum Gasteiger partial charge on any atom is -0.492 e. The summed E-state index contributed by atoms with van der Waals surface area (Å²) in [5.41, 5.74) is 7.57. The van der Waals surface area contributed by atoms with Crippen molar-refractivity contribution in [2.24, 2.45) is 12.8 Å². The summed E-state index contributed by atoms with van der Waals surface area (Å²) in [7, 11) is 1.79. The number of hydrogen-bond acceptors (Lipinski definition) is 6. The number of aryl methyl sites for hydroxylation is 1. The quantitative estimate of drug-likeness (QED) is 0.578. The fourth-order valence-corrected chi connectivity index (χ4v) is 3.72. The van der Waals surface area contributed by atoms with Gasteiger partial charge in [0.25, 0.3) is 5.91 Å². The molecule has 1 amide bonds. The molecule has 0 saturated heterocycles. The minimum atomic E-state index is -0.240. The van der Waals surface area contributed by atoms with E-state index in [1.165, 1.54) is 11.3 Å². The van der Waals surface area contributed by atoms with Crippen LogP contribution in [-0.2, 0) is 7.05 Å². The minimum absolute atomic E-state index is 0.240. The van der Waals surface area contributed by atoms with E-state index in [-0.39, 0.29) is 5.91 Å². The van der Waals surface area contributed by atoms with Crippen LogP contribution in [-0.4, -0.2) is 35.4 Å². The number of amides is 1. The maximum atomic E-state index is 12.7. The first-order valence-corrected chi connectivity index (χ1v) is 9.97. The van der Waals surface area contributed by atoms with Crippen molar-refractivity contribution in [1.29, 1.82) is 0 Å². The zero-order valence-electron chi connectivity index (χ0n) is 15.6. The second-order valence-electron chi connectivity index (χ2n) is 5.81. The third kappa shape index (κ3) is 4.30. The SMILES string of the molecule is CCOc1ccsc1C(=O)Nc1ccc(OCCN)c(-c2c(Cl)cnn2C)c1. The monoisotopic (exact) mass is 420 g/mol. The topological polar surface area (TPSA) is 91.4 Å². The van der Waals surface area contributed by atoms with Crippen LogP contribution in [0.25, 0.3) is 11.3 Å². The normalized spacial score (nSPS) is 10.7. The number of thiophene rings is 1. The van der Waals surface area contributed by atoms with Gasteiger partial charge in [-0.25, -0.2) is 0 Å². The molecule has 1 aromatic carbocycles. The largest absolute Gasteiger partial charge is 0.492 e. The van der Waals surface area contributed by atoms with Crippen LogP contribution < -0.4 is 20.5 Å². The third-order valence-electron chi connectivity index (χ3n) is 3.90. The highest BCUT2D eigenvalue weighted by Gasteiger charge is 2.18. The Morgan fingerprint density at radius 2 is 2.14 bits per heavy atom. The highest BCUT2D eigenvalue weighted by atomic mass is 35.5. The van der Waals surface area contributed by atoms with Crippen molar-refractivity contribution >= 4 is 34.5 Å². The lowest BCUT2D eigenvalue weighted by molar-refractivity contribution is 0.102. The highest BCUT2D eigenvalue weighted by Crippen LogP contribution is 2.37. The molecular formula is C19H21ClN4O3S. The molecule has 7 nitrogen and oxygen atoms in total. The van der Waals surface area contributed by atoms with Gasteiger partial charge in [-0.15, -0.1) is 11.3 Å². The zero-order chi connectivity index (χ0) is 20.1. The molecule has 3 aromatic rings. The van der Waals surface area contributed by atoms with Crippen molar-refractivity contribution in [3.05, 3.63) is 45.7 Å². The van der Waals surface area contributed by atoms with Crippen molar-refractivity contribution in [1.82, 2.24) is 9.78 Å². The molecule has 0 spiro atoms. The number of ether oxygens (including phenoxy) is 2. The summed E-state index contributed by atoms with van der Waals surface area (Å²) in [6, 6.07) is 7.14. The average Bonchev–Trinajstić information content (AvgIpc) is 3.27. The molecule has 0 radical (unpaired) electrons. The molecule has 0 aliphatic carbocycles. The van der Waals surface area contributed by atoms with Gasteiger partial charge in [0.2, 0.25) is 0 Å². The predicted octanol–water partition coefficient (Wildman–Crippen LogP) is 3.79. The summed E-state index contributed by atoms with van der Waals surface area (Å²) in [4.78, 5) is 13.2. The first kappa shape index (κ1) is 20.2. The van der Waals surface area contributed by atoms with E-state index < -0.39 is 0 Å². The number of nitrogens with zero attached hydrogens (tertiary/aromatic N) is 2. The highest BCUT2D eigenvalue weighted by molar-refractivity contribution is 7.12. The lowest BCUT2D eigenvalue weighted by Crippen LogP contribution is -2.13. The van der Waals surface area contributed by atoms with Gasteiger partial charge in [0.1, 0.15) is 23.0 Å². The van der Waals surface area contributed by atoms with Crippen LogP contribution in [0.3, 0.4) is 0 Å². The van der Waals surface area contributed by atoms with Gasteiger partial charge >= 0.3 is 0 Å². The molecule has 0 aliphatic rings. The fraction of sp³-hybridized carbons (Fsp3) is 0.263. The molecule has 0 saturated carbocycles. The maximum absolute atomic E-state index is 12.7. The van der Waals surface area contributed by atoms with Gasteiger partial charge in [0, 0.05) is 24.8 Å². The van der Waals surface area contributed by atoms with Gasteiger partial charge in [0.05, 0.1) is 23.5 Å². The molecule has 0 fully saturated rings. The molecule has 0 unspecified atom stereocenters. The molecule has 148 valence electrons. The van der Waals surface area contributed by atoms with Gasteiger partial charge in [-0.05, 0) is 36.6 Å². The van der Waals surface area contributed by atoms with Gasteiger partial charge in [-0.1, -0.05) is 11.6 Å². The molecular weight excluding hydrogens is 400 g/mol. The molecule has 9 heteroatoms. The summed E-state index contributed by atoms with van der Waals surface area (Å²) in [6.45, 7) is 3.12. The van der Waals surface area contributed by atoms with Crippen LogP contribution in [0.1, 0.15) is 16.6 Å². The lowest BCUT2D eigenvalue weighted by Gasteiger charge is -2.14. The molecule has 3 rings (SSSR count). The van der Waals surface area contributed by atoms with Crippen molar-refractivity contribution in [2.75, 3.05) is 25.1 Å². The molecule has 0 atom stereocenters. The van der Waals surface area contributed by atoms with Crippen LogP contribution in [0.4, 0.5) is 5.69 Å². The molecule has 0 aliphatic heterocycles. The summed E-state index contributed by atoms with van der Waals surface area (Å²) >= 11 is 7.64. The number of nitrogens with one attached hydrogen (secondary N) is 1. The number of carbonyl (C=O) groups excluding carboxylic acids is 1. The Morgan fingerprint density at radius 3 is 2.82 bits per heavy atom. The van der Waals surface area contributed by atoms with E-state index in [2.05, 4.69) is 10.4 Å². The van der Waals surface area contributed by atoms with E-state index in [0.717, 1.165) is 0 Å². The van der Waals surface area contributed by atoms with E-state index in [4.69, 9.17) is 26.8 Å². The van der Waals surface area contributed by atoms with Crippen LogP contribution in [0, 0.1) is 0 Å². The van der Waals surface area contributed by atoms with Gasteiger partial charge in [-0.2, -0.15) is 5.10 Å². The van der Waals surface area contributed by atoms with Crippen molar-refractivity contribution in [2.45, 2.75) is 6.92 Å². The number of benzene rings is 1. The Bertz CT molecular complexity index is 950. The van der Waals surface area contributed by atoms with Crippen LogP contribution in [0.2, 0.25) is 5.02 Å². The summed E-state index contributed by atoms with van der Waals surface area (Å²) < 4.78 is 12.9. The van der Waals surface area contributed by atoms with Crippen molar-refractivity contribution in [3.8, 4) is 22.8 Å². The average molecular weight is 421 g/mol. The second kappa shape index (κ2) is 9.09. The zero-order valence-corrected chi connectivity index (χ0v) is 17.1. The molecule has 3 N–H and O–H groups in total. The number of carbonyl (C=O) groups is 1. The Kier molecular flexibility index (Phi) is 6.56. The molecule has 0 bridgehead atoms. The second-order valence-corrected chi connectivity index (χ2v) is 7.14. The molecule has 28 heavy (non-hydrogen) atoms. The van der Waals surface area contributed by atoms with Crippen LogP contribution in [0.15, 0.2) is 35.8 Å². The number of nitrogens with two attached hydrogens (primary N) is 1. The van der Waals surface area contributed by atoms with E-state index >= 15 is 0 Å². The first-order valence-electron chi connectivity index (χ1n) is 8.71. The van der Waals surface area contributed by atoms with Crippen molar-refractivity contribution in [3.63, 3.8) is 0 Å². The fourth-order valence-electron chi connectivity index (χ4n) is 2.72. The third-order valence-corrected chi connectivity index (χ3v) is 5.07. The number of aromatic nitrogens is 2. The standard InChI is InChI=1S/C19H21ClN4O3S/c1-3-26-16-6-9-28-18(16)19(25)23-12-4-5-15(27-8-7-21)13(10-12)17-14(20)11-22-24(17)2/h4-6,9-11H,3,7-8,21H2,1-2H3,(H,23,25). The Morgan fingerprint density at radius 1 is 1.32 bits per heavy atom. The van der Waals surface area contributed by atoms with E-state index in [0.29, 0.717) is 58.1 Å². The van der Waals surface area contributed by atoms with Gasteiger partial charge in [-0.3, -0.25) is 9.48 Å². The lowest BCUT2D eigenvalue weighted by atomic mass is 10.1. The summed E-state index contributed by atoms with van der Waals surface area (Å²) in [5.74, 6) is 0.944. The van der Waals surface area contributed by atoms with Gasteiger partial charge in [0.15, 0.2) is 0 Å². The number of hydrogen-bond donors (Lipinski definition) is 2. The van der Waals surface area contributed by atoms with Crippen LogP contribution >= 0.6 is 22.9 Å². The smallest absolute Gasteiger partial charge is 0.269 e. The van der Waals surface area contributed by atoms with E-state index in [1.807, 2.05) is 12.3 Å². The molecule has 2 aromatic heterocycles. The predicted molar refractivity (Wildman–Crippen MR) is 112 cm³/mol. The summed E-state index contributed by atoms with van der Waals surface area (Å²) in [6.07, 6.45) is 1.56. The van der Waals surface area contributed by atoms with Crippen LogP contribution in [0.5, 0.6) is 11.5 Å². The van der Waals surface area contributed by atoms with Crippen molar-refractivity contribution < 1.29 is 14.3 Å². The number of anilines is 1. The Labute approximate surface area is 172 Å².